The SMILES string of the molecule is Brc1[c]n(-c2ccccc2)nc1. The summed E-state index contributed by atoms with van der Waals surface area (Å²) in [6.45, 7) is 0. The van der Waals surface area contributed by atoms with Crippen molar-refractivity contribution in [2.75, 3.05) is 0 Å². The molecular formula is C9H6BrN2. The molecule has 0 fully saturated rings. The molecule has 0 unspecified atom stereocenters. The molecule has 59 valence electrons. The molecule has 1 radical (unpaired) electrons. The molecule has 2 rings (SSSR count). The van der Waals surface area contributed by atoms with Gasteiger partial charge in [0, 0.05) is 0 Å². The lowest BCUT2D eigenvalue weighted by Gasteiger charge is -1.97. The third-order valence-electron chi connectivity index (χ3n) is 1.50. The predicted molar refractivity (Wildman–Crippen MR) is 50.1 cm³/mol. The van der Waals surface area contributed by atoms with Crippen molar-refractivity contribution in [3.8, 4) is 5.69 Å². The summed E-state index contributed by atoms with van der Waals surface area (Å²) in [6.07, 6.45) is 4.73. The molecule has 2 nitrogen and oxygen atoms in total. The Balaban J connectivity index is 2.45. The molecule has 0 aliphatic heterocycles. The summed E-state index contributed by atoms with van der Waals surface area (Å²) in [7, 11) is 0. The molecule has 1 heterocycles. The first-order chi connectivity index (χ1) is 5.86. The molecule has 0 N–H and O–H groups in total. The number of hydrogen-bond donors (Lipinski definition) is 0. The highest BCUT2D eigenvalue weighted by Gasteiger charge is 1.96. The van der Waals surface area contributed by atoms with Gasteiger partial charge in [0.2, 0.25) is 0 Å². The standard InChI is InChI=1S/C9H6BrN2/c10-8-6-11-12(7-8)9-4-2-1-3-5-9/h1-6H. The number of para-hydroxylation sites is 1. The monoisotopic (exact) mass is 221 g/mol. The Bertz CT molecular complexity index is 367. The molecule has 0 saturated carbocycles. The number of benzene rings is 1. The fourth-order valence-corrected chi connectivity index (χ4v) is 1.23. The van der Waals surface area contributed by atoms with E-state index in [0.717, 1.165) is 10.2 Å². The first-order valence-corrected chi connectivity index (χ1v) is 4.34. The van der Waals surface area contributed by atoms with Crippen molar-refractivity contribution in [3.05, 3.63) is 47.2 Å². The van der Waals surface area contributed by atoms with Crippen LogP contribution < -0.4 is 0 Å². The van der Waals surface area contributed by atoms with Gasteiger partial charge in [-0.15, -0.1) is 0 Å². The quantitative estimate of drug-likeness (QED) is 0.724. The Morgan fingerprint density at radius 1 is 1.25 bits per heavy atom. The smallest absolute Gasteiger partial charge is 0.108 e. The number of rotatable bonds is 1. The van der Waals surface area contributed by atoms with Crippen LogP contribution in [0.3, 0.4) is 0 Å². The largest absolute Gasteiger partial charge is 0.230 e. The zero-order chi connectivity index (χ0) is 8.39. The Morgan fingerprint density at radius 2 is 2.00 bits per heavy atom. The van der Waals surface area contributed by atoms with E-state index in [9.17, 15) is 0 Å². The second-order valence-corrected chi connectivity index (χ2v) is 3.21. The molecule has 0 amide bonds. The van der Waals surface area contributed by atoms with Gasteiger partial charge in [0.1, 0.15) is 6.20 Å². The molecule has 2 aromatic rings. The highest BCUT2D eigenvalue weighted by Crippen LogP contribution is 2.10. The maximum Gasteiger partial charge on any atom is 0.108 e. The second kappa shape index (κ2) is 3.11. The number of nitrogens with zero attached hydrogens (tertiary/aromatic N) is 2. The minimum atomic E-state index is 0.867. The maximum atomic E-state index is 4.10. The van der Waals surface area contributed by atoms with Gasteiger partial charge in [-0.05, 0) is 28.1 Å². The fraction of sp³-hybridized carbons (Fsp3) is 0. The Hall–Kier alpha value is -1.09. The van der Waals surface area contributed by atoms with Crippen LogP contribution in [0, 0.1) is 6.20 Å². The lowest BCUT2D eigenvalue weighted by molar-refractivity contribution is 0.874. The Morgan fingerprint density at radius 3 is 2.58 bits per heavy atom. The van der Waals surface area contributed by atoms with Crippen LogP contribution in [0.5, 0.6) is 0 Å². The summed E-state index contributed by atoms with van der Waals surface area (Å²) in [4.78, 5) is 0. The van der Waals surface area contributed by atoms with Gasteiger partial charge >= 0.3 is 0 Å². The average Bonchev–Trinajstić information content (AvgIpc) is 2.54. The van der Waals surface area contributed by atoms with E-state index in [0.29, 0.717) is 0 Å². The van der Waals surface area contributed by atoms with Gasteiger partial charge in [0.05, 0.1) is 16.4 Å². The van der Waals surface area contributed by atoms with Crippen molar-refractivity contribution in [2.45, 2.75) is 0 Å². The van der Waals surface area contributed by atoms with Crippen molar-refractivity contribution < 1.29 is 0 Å². The van der Waals surface area contributed by atoms with Crippen LogP contribution in [0.1, 0.15) is 0 Å². The van der Waals surface area contributed by atoms with Gasteiger partial charge < -0.3 is 0 Å². The molecule has 0 aliphatic carbocycles. The molecule has 0 aliphatic rings. The Kier molecular flexibility index (Phi) is 1.96. The van der Waals surface area contributed by atoms with Crippen LogP contribution in [0.25, 0.3) is 5.69 Å². The van der Waals surface area contributed by atoms with E-state index >= 15 is 0 Å². The van der Waals surface area contributed by atoms with E-state index < -0.39 is 0 Å². The van der Waals surface area contributed by atoms with Crippen LogP contribution in [-0.2, 0) is 0 Å². The molecule has 12 heavy (non-hydrogen) atoms. The lowest BCUT2D eigenvalue weighted by Crippen LogP contribution is -1.92. The van der Waals surface area contributed by atoms with E-state index in [1.54, 1.807) is 10.9 Å². The van der Waals surface area contributed by atoms with Crippen molar-refractivity contribution in [2.24, 2.45) is 0 Å². The number of aromatic nitrogens is 2. The van der Waals surface area contributed by atoms with Gasteiger partial charge in [-0.2, -0.15) is 5.10 Å². The Labute approximate surface area is 79.0 Å². The van der Waals surface area contributed by atoms with Gasteiger partial charge in [-0.3, -0.25) is 0 Å². The summed E-state index contributed by atoms with van der Waals surface area (Å²) < 4.78 is 2.57. The molecule has 0 spiro atoms. The van der Waals surface area contributed by atoms with Crippen LogP contribution in [-0.4, -0.2) is 9.78 Å². The maximum absolute atomic E-state index is 4.10. The fourth-order valence-electron chi connectivity index (χ4n) is 0.968. The molecule has 1 aromatic heterocycles. The van der Waals surface area contributed by atoms with E-state index in [1.807, 2.05) is 30.3 Å². The van der Waals surface area contributed by atoms with Crippen molar-refractivity contribution >= 4 is 15.9 Å². The molecule has 1 aromatic carbocycles. The number of halogens is 1. The van der Waals surface area contributed by atoms with Crippen molar-refractivity contribution in [1.29, 1.82) is 0 Å². The van der Waals surface area contributed by atoms with Gasteiger partial charge in [0.15, 0.2) is 0 Å². The second-order valence-electron chi connectivity index (χ2n) is 2.35. The van der Waals surface area contributed by atoms with Crippen LogP contribution in [0.4, 0.5) is 0 Å². The van der Waals surface area contributed by atoms with Crippen LogP contribution in [0.15, 0.2) is 41.0 Å². The number of hydrogen-bond acceptors (Lipinski definition) is 1. The minimum Gasteiger partial charge on any atom is -0.230 e. The molecule has 3 heteroatoms. The van der Waals surface area contributed by atoms with E-state index in [1.165, 1.54) is 0 Å². The van der Waals surface area contributed by atoms with Gasteiger partial charge in [-0.25, -0.2) is 4.68 Å². The van der Waals surface area contributed by atoms with Gasteiger partial charge in [0.25, 0.3) is 0 Å². The third kappa shape index (κ3) is 1.41. The van der Waals surface area contributed by atoms with Crippen molar-refractivity contribution in [3.63, 3.8) is 0 Å². The minimum absolute atomic E-state index is 0.867. The topological polar surface area (TPSA) is 17.8 Å². The van der Waals surface area contributed by atoms with Crippen LogP contribution >= 0.6 is 15.9 Å². The summed E-state index contributed by atoms with van der Waals surface area (Å²) in [5.41, 5.74) is 1.02. The summed E-state index contributed by atoms with van der Waals surface area (Å²) in [5.74, 6) is 0. The normalized spacial score (nSPS) is 10.1. The zero-order valence-corrected chi connectivity index (χ0v) is 7.82. The first-order valence-electron chi connectivity index (χ1n) is 3.54. The van der Waals surface area contributed by atoms with E-state index in [4.69, 9.17) is 0 Å². The molecular weight excluding hydrogens is 216 g/mol. The summed E-state index contributed by atoms with van der Waals surface area (Å²) in [6, 6.07) is 9.88. The van der Waals surface area contributed by atoms with E-state index in [-0.39, 0.29) is 0 Å². The molecule has 0 saturated heterocycles. The van der Waals surface area contributed by atoms with Gasteiger partial charge in [-0.1, -0.05) is 18.2 Å². The highest BCUT2D eigenvalue weighted by molar-refractivity contribution is 9.10. The highest BCUT2D eigenvalue weighted by atomic mass is 79.9. The predicted octanol–water partition coefficient (Wildman–Crippen LogP) is 2.43. The lowest BCUT2D eigenvalue weighted by atomic mass is 10.3. The molecule has 0 bridgehead atoms. The van der Waals surface area contributed by atoms with Crippen molar-refractivity contribution in [1.82, 2.24) is 9.78 Å². The zero-order valence-electron chi connectivity index (χ0n) is 6.24. The summed E-state index contributed by atoms with van der Waals surface area (Å²) in [5, 5.41) is 4.10. The molecule has 0 atom stereocenters. The van der Waals surface area contributed by atoms with Crippen LogP contribution in [0.2, 0.25) is 0 Å². The third-order valence-corrected chi connectivity index (χ3v) is 1.88. The first kappa shape index (κ1) is 7.55. The summed E-state index contributed by atoms with van der Waals surface area (Å²) >= 11 is 3.29. The average molecular weight is 222 g/mol. The van der Waals surface area contributed by atoms with E-state index in [2.05, 4.69) is 27.2 Å².